The van der Waals surface area contributed by atoms with Crippen LogP contribution in [0.25, 0.3) is 22.0 Å². The van der Waals surface area contributed by atoms with Crippen molar-refractivity contribution in [2.24, 2.45) is 5.92 Å². The fourth-order valence-corrected chi connectivity index (χ4v) is 5.08. The van der Waals surface area contributed by atoms with Crippen LogP contribution in [0.3, 0.4) is 0 Å². The highest BCUT2D eigenvalue weighted by Gasteiger charge is 2.33. The Kier molecular flexibility index (Phi) is 6.17. The number of rotatable bonds is 7. The first-order valence-electron chi connectivity index (χ1n) is 12.3. The number of Topliss-reactive ketones (excluding diaryl/α,β-unsaturated/α-hetero) is 1. The maximum Gasteiger partial charge on any atom is 0.169 e. The lowest BCUT2D eigenvalue weighted by Crippen LogP contribution is -2.35. The smallest absolute Gasteiger partial charge is 0.169 e. The molecule has 0 amide bonds. The molecule has 5 rings (SSSR count). The molecule has 0 aliphatic heterocycles. The van der Waals surface area contributed by atoms with Gasteiger partial charge in [0.05, 0.1) is 23.9 Å². The van der Waals surface area contributed by atoms with Gasteiger partial charge < -0.3 is 20.5 Å². The SMILES string of the molecule is CNC1CCC(Nc2c(C(=O)C3CC3)cnc3ccc(-c4cc(C)c(O)c(OC)c4)cc23)CC1. The third-order valence-electron chi connectivity index (χ3n) is 7.38. The van der Waals surface area contributed by atoms with Crippen molar-refractivity contribution in [1.82, 2.24) is 10.3 Å². The fraction of sp³-hybridized carbons (Fsp3) is 0.429. The van der Waals surface area contributed by atoms with Gasteiger partial charge in [-0.15, -0.1) is 0 Å². The molecule has 0 bridgehead atoms. The molecule has 1 aromatic heterocycles. The van der Waals surface area contributed by atoms with Crippen LogP contribution in [0.5, 0.6) is 11.5 Å². The zero-order valence-electron chi connectivity index (χ0n) is 20.1. The summed E-state index contributed by atoms with van der Waals surface area (Å²) in [7, 11) is 3.59. The van der Waals surface area contributed by atoms with Crippen LogP contribution >= 0.6 is 0 Å². The summed E-state index contributed by atoms with van der Waals surface area (Å²) in [6.07, 6.45) is 8.09. The number of aryl methyl sites for hydroxylation is 1. The van der Waals surface area contributed by atoms with E-state index in [-0.39, 0.29) is 17.5 Å². The number of methoxy groups -OCH3 is 1. The second-order valence-corrected chi connectivity index (χ2v) is 9.74. The van der Waals surface area contributed by atoms with Crippen molar-refractivity contribution in [3.05, 3.63) is 47.7 Å². The van der Waals surface area contributed by atoms with Crippen LogP contribution in [0, 0.1) is 12.8 Å². The van der Waals surface area contributed by atoms with Gasteiger partial charge in [-0.2, -0.15) is 0 Å². The lowest BCUT2D eigenvalue weighted by atomic mass is 9.90. The summed E-state index contributed by atoms with van der Waals surface area (Å²) in [4.78, 5) is 17.9. The Morgan fingerprint density at radius 3 is 2.44 bits per heavy atom. The van der Waals surface area contributed by atoms with Gasteiger partial charge in [0.2, 0.25) is 0 Å². The fourth-order valence-electron chi connectivity index (χ4n) is 5.08. The summed E-state index contributed by atoms with van der Waals surface area (Å²) in [5.74, 6) is 0.941. The van der Waals surface area contributed by atoms with E-state index in [4.69, 9.17) is 4.74 Å². The molecule has 0 unspecified atom stereocenters. The molecule has 2 aliphatic rings. The van der Waals surface area contributed by atoms with E-state index < -0.39 is 0 Å². The average molecular weight is 460 g/mol. The zero-order chi connectivity index (χ0) is 23.8. The van der Waals surface area contributed by atoms with Crippen LogP contribution in [0.4, 0.5) is 5.69 Å². The maximum atomic E-state index is 13.2. The van der Waals surface area contributed by atoms with Crippen molar-refractivity contribution in [2.75, 3.05) is 19.5 Å². The number of aromatic hydroxyl groups is 1. The van der Waals surface area contributed by atoms with E-state index >= 15 is 0 Å². The molecule has 2 aliphatic carbocycles. The molecule has 6 nitrogen and oxygen atoms in total. The molecule has 3 N–H and O–H groups in total. The Bertz CT molecular complexity index is 1230. The number of aromatic nitrogens is 1. The van der Waals surface area contributed by atoms with E-state index in [2.05, 4.69) is 21.7 Å². The number of benzene rings is 2. The summed E-state index contributed by atoms with van der Waals surface area (Å²) in [6, 6.07) is 10.9. The normalized spacial score (nSPS) is 20.3. The first-order chi connectivity index (χ1) is 16.5. The molecule has 1 heterocycles. The molecular weight excluding hydrogens is 426 g/mol. The second kappa shape index (κ2) is 9.26. The molecule has 178 valence electrons. The summed E-state index contributed by atoms with van der Waals surface area (Å²) in [6.45, 7) is 1.87. The number of phenols is 1. The lowest BCUT2D eigenvalue weighted by molar-refractivity contribution is 0.0968. The number of phenolic OH excluding ortho intramolecular Hbond substituents is 1. The van der Waals surface area contributed by atoms with Crippen molar-refractivity contribution >= 4 is 22.4 Å². The number of anilines is 1. The van der Waals surface area contributed by atoms with E-state index in [0.717, 1.165) is 71.8 Å². The summed E-state index contributed by atoms with van der Waals surface area (Å²) >= 11 is 0. The van der Waals surface area contributed by atoms with Crippen molar-refractivity contribution < 1.29 is 14.6 Å². The highest BCUT2D eigenvalue weighted by molar-refractivity contribution is 6.10. The number of nitrogens with one attached hydrogen (secondary N) is 2. The van der Waals surface area contributed by atoms with E-state index in [0.29, 0.717) is 23.4 Å². The molecule has 0 spiro atoms. The molecule has 0 atom stereocenters. The number of ketones is 1. The molecule has 2 saturated carbocycles. The average Bonchev–Trinajstić information content (AvgIpc) is 3.71. The Morgan fingerprint density at radius 2 is 1.76 bits per heavy atom. The van der Waals surface area contributed by atoms with Crippen LogP contribution in [-0.4, -0.2) is 42.1 Å². The largest absolute Gasteiger partial charge is 0.504 e. The molecule has 2 fully saturated rings. The van der Waals surface area contributed by atoms with E-state index in [9.17, 15) is 9.90 Å². The highest BCUT2D eigenvalue weighted by Crippen LogP contribution is 2.40. The summed E-state index contributed by atoms with van der Waals surface area (Å²) in [5.41, 5.74) is 5.19. The van der Waals surface area contributed by atoms with Crippen LogP contribution in [0.15, 0.2) is 36.5 Å². The van der Waals surface area contributed by atoms with Crippen molar-refractivity contribution in [1.29, 1.82) is 0 Å². The standard InChI is InChI=1S/C28H33N3O3/c1-16-12-19(14-25(34-3)27(16)32)18-6-11-24-22(13-18)26(23(15-30-24)28(33)17-4-5-17)31-21-9-7-20(29-2)8-10-21/h6,11-15,17,20-21,29,32H,4-5,7-10H2,1-3H3,(H,30,31). The quantitative estimate of drug-likeness (QED) is 0.407. The number of carbonyl (C=O) groups excluding carboxylic acids is 1. The van der Waals surface area contributed by atoms with E-state index in [1.165, 1.54) is 0 Å². The van der Waals surface area contributed by atoms with Crippen LogP contribution < -0.4 is 15.4 Å². The number of hydrogen-bond donors (Lipinski definition) is 3. The number of fused-ring (bicyclic) bond motifs is 1. The minimum atomic E-state index is 0.131. The summed E-state index contributed by atoms with van der Waals surface area (Å²) < 4.78 is 5.38. The minimum absolute atomic E-state index is 0.131. The van der Waals surface area contributed by atoms with Gasteiger partial charge in [-0.1, -0.05) is 6.07 Å². The van der Waals surface area contributed by atoms with Gasteiger partial charge in [-0.05, 0) is 93.5 Å². The Labute approximate surface area is 200 Å². The lowest BCUT2D eigenvalue weighted by Gasteiger charge is -2.30. The van der Waals surface area contributed by atoms with Gasteiger partial charge in [0.15, 0.2) is 17.3 Å². The van der Waals surface area contributed by atoms with Gasteiger partial charge >= 0.3 is 0 Å². The number of ether oxygens (including phenoxy) is 1. The van der Waals surface area contributed by atoms with E-state index in [1.54, 1.807) is 13.3 Å². The molecule has 34 heavy (non-hydrogen) atoms. The first-order valence-corrected chi connectivity index (χ1v) is 12.3. The predicted molar refractivity (Wildman–Crippen MR) is 136 cm³/mol. The van der Waals surface area contributed by atoms with Gasteiger partial charge in [0.25, 0.3) is 0 Å². The molecule has 0 radical (unpaired) electrons. The highest BCUT2D eigenvalue weighted by atomic mass is 16.5. The van der Waals surface area contributed by atoms with Crippen LogP contribution in [0.2, 0.25) is 0 Å². The molecule has 0 saturated heterocycles. The minimum Gasteiger partial charge on any atom is -0.504 e. The Hall–Kier alpha value is -3.12. The molecule has 3 aromatic rings. The van der Waals surface area contributed by atoms with Gasteiger partial charge in [0, 0.05) is 29.6 Å². The third-order valence-corrected chi connectivity index (χ3v) is 7.38. The molecular formula is C28H33N3O3. The Balaban J connectivity index is 1.59. The first kappa shape index (κ1) is 22.7. The number of nitrogens with zero attached hydrogens (tertiary/aromatic N) is 1. The zero-order valence-corrected chi connectivity index (χ0v) is 20.1. The Morgan fingerprint density at radius 1 is 1.03 bits per heavy atom. The monoisotopic (exact) mass is 459 g/mol. The number of hydrogen-bond acceptors (Lipinski definition) is 6. The second-order valence-electron chi connectivity index (χ2n) is 9.74. The van der Waals surface area contributed by atoms with Crippen molar-refractivity contribution in [3.63, 3.8) is 0 Å². The van der Waals surface area contributed by atoms with E-state index in [1.807, 2.05) is 38.2 Å². The predicted octanol–water partition coefficient (Wildman–Crippen LogP) is 5.46. The topological polar surface area (TPSA) is 83.5 Å². The van der Waals surface area contributed by atoms with Crippen molar-refractivity contribution in [3.8, 4) is 22.6 Å². The van der Waals surface area contributed by atoms with Gasteiger partial charge in [0.1, 0.15) is 0 Å². The molecule has 2 aromatic carbocycles. The summed E-state index contributed by atoms with van der Waals surface area (Å²) in [5, 5.41) is 18.4. The number of pyridine rings is 1. The molecule has 6 heteroatoms. The van der Waals surface area contributed by atoms with Gasteiger partial charge in [-0.3, -0.25) is 9.78 Å². The maximum absolute atomic E-state index is 13.2. The number of carbonyl (C=O) groups is 1. The van der Waals surface area contributed by atoms with Crippen LogP contribution in [0.1, 0.15) is 54.4 Å². The van der Waals surface area contributed by atoms with Crippen LogP contribution in [-0.2, 0) is 0 Å². The van der Waals surface area contributed by atoms with Crippen molar-refractivity contribution in [2.45, 2.75) is 57.5 Å². The van der Waals surface area contributed by atoms with Gasteiger partial charge in [-0.25, -0.2) is 0 Å². The third kappa shape index (κ3) is 4.34.